The molecule has 0 fully saturated rings. The van der Waals surface area contributed by atoms with Gasteiger partial charge < -0.3 is 5.32 Å². The summed E-state index contributed by atoms with van der Waals surface area (Å²) in [5.74, 6) is -0.386. The summed E-state index contributed by atoms with van der Waals surface area (Å²) >= 11 is 0. The van der Waals surface area contributed by atoms with Crippen molar-refractivity contribution in [3.05, 3.63) is 81.3 Å². The van der Waals surface area contributed by atoms with Gasteiger partial charge in [-0.15, -0.1) is 0 Å². The molecule has 0 radical (unpaired) electrons. The largest absolute Gasteiger partial charge is 0.358 e. The van der Waals surface area contributed by atoms with Gasteiger partial charge in [0.15, 0.2) is 0 Å². The van der Waals surface area contributed by atoms with Gasteiger partial charge in [0.2, 0.25) is 0 Å². The molecule has 0 saturated heterocycles. The Bertz CT molecular complexity index is 958. The van der Waals surface area contributed by atoms with Crippen LogP contribution in [-0.4, -0.2) is 9.78 Å². The van der Waals surface area contributed by atoms with Crippen LogP contribution in [0.15, 0.2) is 59.4 Å². The maximum absolute atomic E-state index is 13.6. The number of aromatic nitrogens is 2. The van der Waals surface area contributed by atoms with Crippen molar-refractivity contribution in [3.63, 3.8) is 0 Å². The summed E-state index contributed by atoms with van der Waals surface area (Å²) < 4.78 is 15.0. The number of rotatable bonds is 3. The minimum Gasteiger partial charge on any atom is -0.358 e. The highest BCUT2D eigenvalue weighted by Crippen LogP contribution is 2.11. The van der Waals surface area contributed by atoms with Crippen LogP contribution in [0.4, 0.5) is 10.1 Å². The normalized spacial score (nSPS) is 11.6. The van der Waals surface area contributed by atoms with Gasteiger partial charge in [-0.3, -0.25) is 9.89 Å². The van der Waals surface area contributed by atoms with Gasteiger partial charge in [0.25, 0.3) is 5.56 Å². The number of hydrogen-bond acceptors (Lipinski definition) is 2. The van der Waals surface area contributed by atoms with Crippen molar-refractivity contribution in [2.45, 2.75) is 0 Å². The fourth-order valence-electron chi connectivity index (χ4n) is 2.13. The molecule has 1 heterocycles. The molecule has 0 amide bonds. The molecule has 0 atom stereocenters. The number of nitrogens with zero attached hydrogens (tertiary/aromatic N) is 1. The van der Waals surface area contributed by atoms with Crippen molar-refractivity contribution >= 4 is 18.5 Å². The smallest absolute Gasteiger partial charge is 0.280 e. The SMILES string of the molecule is C=c1[nH]n(-c2ccccc2)c(=O)/c1=C\Nc1ccccc1F. The van der Waals surface area contributed by atoms with Crippen LogP contribution < -0.4 is 21.4 Å². The quantitative estimate of drug-likeness (QED) is 0.770. The van der Waals surface area contributed by atoms with Crippen LogP contribution in [0.3, 0.4) is 0 Å². The van der Waals surface area contributed by atoms with Crippen molar-refractivity contribution in [2.75, 3.05) is 5.32 Å². The molecule has 0 aliphatic rings. The van der Waals surface area contributed by atoms with E-state index in [4.69, 9.17) is 0 Å². The number of halogens is 1. The molecule has 1 aromatic heterocycles. The Morgan fingerprint density at radius 1 is 1.09 bits per heavy atom. The molecule has 110 valence electrons. The lowest BCUT2D eigenvalue weighted by molar-refractivity contribution is 0.632. The molecule has 0 bridgehead atoms. The standard InChI is InChI=1S/C17H14FN3O/c1-12-14(11-19-16-10-6-5-9-15(16)18)17(22)21(20-12)13-7-3-2-4-8-13/h2-11,19-20H,1H2/b14-11-. The highest BCUT2D eigenvalue weighted by Gasteiger charge is 2.04. The number of H-pyrrole nitrogens is 1. The summed E-state index contributed by atoms with van der Waals surface area (Å²) in [6.45, 7) is 3.82. The van der Waals surface area contributed by atoms with E-state index >= 15 is 0 Å². The van der Waals surface area contributed by atoms with Crippen LogP contribution in [0.2, 0.25) is 0 Å². The average molecular weight is 295 g/mol. The van der Waals surface area contributed by atoms with Crippen molar-refractivity contribution in [1.82, 2.24) is 9.78 Å². The second-order valence-electron chi connectivity index (χ2n) is 4.75. The molecular formula is C17H14FN3O. The van der Waals surface area contributed by atoms with Gasteiger partial charge in [-0.2, -0.15) is 0 Å². The third kappa shape index (κ3) is 2.56. The second kappa shape index (κ2) is 5.73. The molecule has 22 heavy (non-hydrogen) atoms. The number of para-hydroxylation sites is 2. The molecular weight excluding hydrogens is 281 g/mol. The fourth-order valence-corrected chi connectivity index (χ4v) is 2.13. The molecule has 2 aromatic carbocycles. The summed E-state index contributed by atoms with van der Waals surface area (Å²) in [5, 5.41) is 6.52. The topological polar surface area (TPSA) is 49.8 Å². The third-order valence-electron chi connectivity index (χ3n) is 3.27. The van der Waals surface area contributed by atoms with Crippen LogP contribution in [0.5, 0.6) is 0 Å². The Balaban J connectivity index is 2.04. The highest BCUT2D eigenvalue weighted by molar-refractivity contribution is 5.55. The maximum atomic E-state index is 13.6. The van der Waals surface area contributed by atoms with Gasteiger partial charge >= 0.3 is 0 Å². The van der Waals surface area contributed by atoms with E-state index < -0.39 is 0 Å². The number of nitrogens with one attached hydrogen (secondary N) is 2. The third-order valence-corrected chi connectivity index (χ3v) is 3.27. The van der Waals surface area contributed by atoms with E-state index in [1.807, 2.05) is 30.3 Å². The Hall–Kier alpha value is -3.08. The highest BCUT2D eigenvalue weighted by atomic mass is 19.1. The van der Waals surface area contributed by atoms with Gasteiger partial charge in [-0.05, 0) is 24.3 Å². The zero-order chi connectivity index (χ0) is 15.5. The molecule has 2 N–H and O–H groups in total. The van der Waals surface area contributed by atoms with Crippen LogP contribution in [-0.2, 0) is 0 Å². The summed E-state index contributed by atoms with van der Waals surface area (Å²) in [4.78, 5) is 12.4. The van der Waals surface area contributed by atoms with Gasteiger partial charge in [-0.1, -0.05) is 36.9 Å². The number of anilines is 1. The van der Waals surface area contributed by atoms with E-state index in [1.165, 1.54) is 16.9 Å². The molecule has 4 nitrogen and oxygen atoms in total. The zero-order valence-corrected chi connectivity index (χ0v) is 11.7. The predicted octanol–water partition coefficient (Wildman–Crippen LogP) is 1.57. The first-order chi connectivity index (χ1) is 10.7. The number of hydrogen-bond donors (Lipinski definition) is 2. The first-order valence-electron chi connectivity index (χ1n) is 6.73. The molecule has 0 spiro atoms. The zero-order valence-electron chi connectivity index (χ0n) is 11.7. The van der Waals surface area contributed by atoms with Crippen LogP contribution >= 0.6 is 0 Å². The minimum atomic E-state index is -0.386. The molecule has 0 saturated carbocycles. The predicted molar refractivity (Wildman–Crippen MR) is 85.6 cm³/mol. The van der Waals surface area contributed by atoms with Crippen molar-refractivity contribution in [2.24, 2.45) is 0 Å². The summed E-state index contributed by atoms with van der Waals surface area (Å²) in [6, 6.07) is 15.4. The summed E-state index contributed by atoms with van der Waals surface area (Å²) in [6.07, 6.45) is 1.46. The van der Waals surface area contributed by atoms with Crippen LogP contribution in [0, 0.1) is 5.82 Å². The van der Waals surface area contributed by atoms with E-state index in [2.05, 4.69) is 17.0 Å². The molecule has 3 aromatic rings. The van der Waals surface area contributed by atoms with Gasteiger partial charge in [0.1, 0.15) is 5.82 Å². The van der Waals surface area contributed by atoms with Crippen LogP contribution in [0.25, 0.3) is 18.5 Å². The van der Waals surface area contributed by atoms with Crippen molar-refractivity contribution in [3.8, 4) is 5.69 Å². The lowest BCUT2D eigenvalue weighted by atomic mass is 10.3. The van der Waals surface area contributed by atoms with E-state index in [0.717, 1.165) is 0 Å². The van der Waals surface area contributed by atoms with Gasteiger partial charge in [0.05, 0.1) is 21.9 Å². The van der Waals surface area contributed by atoms with E-state index in [-0.39, 0.29) is 11.4 Å². The lowest BCUT2D eigenvalue weighted by Crippen LogP contribution is -2.34. The Morgan fingerprint density at radius 2 is 1.77 bits per heavy atom. The Morgan fingerprint density at radius 3 is 2.50 bits per heavy atom. The summed E-state index contributed by atoms with van der Waals surface area (Å²) in [7, 11) is 0. The number of benzene rings is 2. The first kappa shape index (κ1) is 13.9. The van der Waals surface area contributed by atoms with E-state index in [9.17, 15) is 9.18 Å². The number of aromatic amines is 1. The molecule has 0 unspecified atom stereocenters. The van der Waals surface area contributed by atoms with Gasteiger partial charge in [0, 0.05) is 6.20 Å². The minimum absolute atomic E-state index is 0.250. The van der Waals surface area contributed by atoms with Crippen molar-refractivity contribution < 1.29 is 4.39 Å². The molecule has 0 aliphatic carbocycles. The van der Waals surface area contributed by atoms with E-state index in [0.29, 0.717) is 21.9 Å². The molecule has 0 aliphatic heterocycles. The monoisotopic (exact) mass is 295 g/mol. The average Bonchev–Trinajstić information content (AvgIpc) is 2.82. The first-order valence-corrected chi connectivity index (χ1v) is 6.73. The Kier molecular flexibility index (Phi) is 3.62. The lowest BCUT2D eigenvalue weighted by Gasteiger charge is -2.00. The van der Waals surface area contributed by atoms with Crippen molar-refractivity contribution in [1.29, 1.82) is 0 Å². The van der Waals surface area contributed by atoms with Gasteiger partial charge in [-0.25, -0.2) is 9.07 Å². The van der Waals surface area contributed by atoms with Crippen LogP contribution in [0.1, 0.15) is 0 Å². The molecule has 3 rings (SSSR count). The fraction of sp³-hybridized carbons (Fsp3) is 0. The molecule has 5 heteroatoms. The summed E-state index contributed by atoms with van der Waals surface area (Å²) in [5.41, 5.74) is 0.761. The van der Waals surface area contributed by atoms with E-state index in [1.54, 1.807) is 18.2 Å². The second-order valence-corrected chi connectivity index (χ2v) is 4.75. The maximum Gasteiger partial charge on any atom is 0.280 e. The Labute approximate surface area is 125 Å².